The highest BCUT2D eigenvalue weighted by atomic mass is 16.4. The van der Waals surface area contributed by atoms with Gasteiger partial charge in [0, 0.05) is 29.3 Å². The smallest absolute Gasteiger partial charge is 0.289 e. The molecule has 112 valence electrons. The molecule has 0 radical (unpaired) electrons. The van der Waals surface area contributed by atoms with Crippen LogP contribution in [-0.4, -0.2) is 23.9 Å². The molecule has 1 saturated heterocycles. The van der Waals surface area contributed by atoms with Crippen LogP contribution >= 0.6 is 0 Å². The fourth-order valence-electron chi connectivity index (χ4n) is 2.67. The van der Waals surface area contributed by atoms with E-state index in [0.29, 0.717) is 22.8 Å². The maximum Gasteiger partial charge on any atom is 0.289 e. The predicted molar refractivity (Wildman–Crippen MR) is 82.7 cm³/mol. The molecule has 1 aromatic heterocycles. The van der Waals surface area contributed by atoms with Gasteiger partial charge < -0.3 is 9.32 Å². The largest absolute Gasteiger partial charge is 0.451 e. The van der Waals surface area contributed by atoms with E-state index in [0.717, 1.165) is 25.9 Å². The Morgan fingerprint density at radius 2 is 1.91 bits per heavy atom. The van der Waals surface area contributed by atoms with Gasteiger partial charge in [-0.3, -0.25) is 4.79 Å². The van der Waals surface area contributed by atoms with Crippen molar-refractivity contribution >= 4 is 11.6 Å². The van der Waals surface area contributed by atoms with Crippen LogP contribution in [0.25, 0.3) is 21.8 Å². The zero-order valence-corrected chi connectivity index (χ0v) is 12.1. The first-order valence-corrected chi connectivity index (χ1v) is 7.33. The molecule has 0 atom stereocenters. The molecule has 0 aliphatic carbocycles. The second kappa shape index (κ2) is 6.37. The highest BCUT2D eigenvalue weighted by Gasteiger charge is 2.21. The molecule has 2 aromatic rings. The van der Waals surface area contributed by atoms with Crippen LogP contribution in [0, 0.1) is 0 Å². The molecule has 6 heteroatoms. The molecule has 2 heterocycles. The molecule has 1 aliphatic heterocycles. The van der Waals surface area contributed by atoms with Crippen molar-refractivity contribution in [1.29, 1.82) is 0 Å². The summed E-state index contributed by atoms with van der Waals surface area (Å²) in [5.41, 5.74) is 9.78. The van der Waals surface area contributed by atoms with Gasteiger partial charge in [-0.25, -0.2) is 0 Å². The number of furan rings is 1. The van der Waals surface area contributed by atoms with Crippen molar-refractivity contribution < 1.29 is 9.21 Å². The Morgan fingerprint density at radius 1 is 1.14 bits per heavy atom. The number of nitrogens with zero attached hydrogens (tertiary/aromatic N) is 4. The Hall–Kier alpha value is -2.72. The third-order valence-electron chi connectivity index (χ3n) is 3.78. The fraction of sp³-hybridized carbons (Fsp3) is 0.312. The molecule has 1 fully saturated rings. The van der Waals surface area contributed by atoms with E-state index in [1.165, 1.54) is 6.42 Å². The number of carbonyl (C=O) groups excluding carboxylic acids is 1. The number of piperidine rings is 1. The third kappa shape index (κ3) is 2.82. The maximum absolute atomic E-state index is 12.4. The van der Waals surface area contributed by atoms with E-state index >= 15 is 0 Å². The average Bonchev–Trinajstić information content (AvgIpc) is 3.05. The normalized spacial score (nSPS) is 14.5. The van der Waals surface area contributed by atoms with Gasteiger partial charge >= 0.3 is 0 Å². The lowest BCUT2D eigenvalue weighted by atomic mass is 10.1. The Morgan fingerprint density at radius 3 is 2.68 bits per heavy atom. The number of amides is 1. The summed E-state index contributed by atoms with van der Waals surface area (Å²) in [6.45, 7) is 1.56. The number of likely N-dealkylation sites (tertiary alicyclic amines) is 1. The fourth-order valence-corrected chi connectivity index (χ4v) is 2.67. The van der Waals surface area contributed by atoms with E-state index in [1.807, 2.05) is 11.0 Å². The number of hydrogen-bond donors (Lipinski definition) is 0. The van der Waals surface area contributed by atoms with Gasteiger partial charge in [0.25, 0.3) is 5.91 Å². The van der Waals surface area contributed by atoms with Crippen molar-refractivity contribution in [2.75, 3.05) is 13.1 Å². The van der Waals surface area contributed by atoms with E-state index in [1.54, 1.807) is 30.3 Å². The summed E-state index contributed by atoms with van der Waals surface area (Å²) in [7, 11) is 0. The summed E-state index contributed by atoms with van der Waals surface area (Å²) in [6, 6.07) is 10.6. The molecule has 1 aliphatic rings. The van der Waals surface area contributed by atoms with Gasteiger partial charge in [-0.1, -0.05) is 29.4 Å². The van der Waals surface area contributed by atoms with Crippen molar-refractivity contribution in [2.24, 2.45) is 5.11 Å². The summed E-state index contributed by atoms with van der Waals surface area (Å²) < 4.78 is 5.70. The Balaban J connectivity index is 1.87. The van der Waals surface area contributed by atoms with Crippen LogP contribution in [0.15, 0.2) is 45.9 Å². The van der Waals surface area contributed by atoms with Crippen LogP contribution in [0.2, 0.25) is 0 Å². The molecule has 22 heavy (non-hydrogen) atoms. The van der Waals surface area contributed by atoms with E-state index < -0.39 is 0 Å². The van der Waals surface area contributed by atoms with Crippen LogP contribution in [0.1, 0.15) is 29.8 Å². The lowest BCUT2D eigenvalue weighted by Gasteiger charge is -2.25. The number of benzene rings is 1. The van der Waals surface area contributed by atoms with E-state index in [-0.39, 0.29) is 5.91 Å². The minimum atomic E-state index is -0.0767. The van der Waals surface area contributed by atoms with Crippen molar-refractivity contribution in [2.45, 2.75) is 19.3 Å². The van der Waals surface area contributed by atoms with Gasteiger partial charge in [-0.2, -0.15) is 0 Å². The summed E-state index contributed by atoms with van der Waals surface area (Å²) in [5, 5.41) is 3.65. The zero-order chi connectivity index (χ0) is 15.4. The number of carbonyl (C=O) groups is 1. The monoisotopic (exact) mass is 296 g/mol. The second-order valence-electron chi connectivity index (χ2n) is 5.22. The van der Waals surface area contributed by atoms with Crippen molar-refractivity contribution in [3.05, 3.63) is 52.6 Å². The molecule has 0 unspecified atom stereocenters. The topological polar surface area (TPSA) is 82.2 Å². The maximum atomic E-state index is 12.4. The summed E-state index contributed by atoms with van der Waals surface area (Å²) >= 11 is 0. The quantitative estimate of drug-likeness (QED) is 0.474. The molecule has 3 rings (SSSR count). The van der Waals surface area contributed by atoms with Gasteiger partial charge in [-0.05, 0) is 36.9 Å². The van der Waals surface area contributed by atoms with Gasteiger partial charge in [0.1, 0.15) is 5.76 Å². The van der Waals surface area contributed by atoms with Gasteiger partial charge in [0.15, 0.2) is 5.76 Å². The molecule has 6 nitrogen and oxygen atoms in total. The second-order valence-corrected chi connectivity index (χ2v) is 5.22. The lowest BCUT2D eigenvalue weighted by molar-refractivity contribution is 0.0693. The third-order valence-corrected chi connectivity index (χ3v) is 3.78. The number of rotatable bonds is 3. The highest BCUT2D eigenvalue weighted by Crippen LogP contribution is 2.32. The first-order chi connectivity index (χ1) is 10.8. The Bertz CT molecular complexity index is 725. The molecule has 0 saturated carbocycles. The molecular weight excluding hydrogens is 280 g/mol. The first kappa shape index (κ1) is 14.2. The molecule has 0 N–H and O–H groups in total. The zero-order valence-electron chi connectivity index (χ0n) is 12.1. The Labute approximate surface area is 128 Å². The molecule has 0 bridgehead atoms. The van der Waals surface area contributed by atoms with E-state index in [9.17, 15) is 4.79 Å². The summed E-state index contributed by atoms with van der Waals surface area (Å²) in [4.78, 5) is 17.0. The number of azide groups is 1. The SMILES string of the molecule is [N-]=[N+]=Nc1ccccc1-c1ccc(C(=O)N2CCCCC2)o1. The van der Waals surface area contributed by atoms with E-state index in [4.69, 9.17) is 9.95 Å². The van der Waals surface area contributed by atoms with E-state index in [2.05, 4.69) is 10.0 Å². The van der Waals surface area contributed by atoms with Crippen molar-refractivity contribution in [3.63, 3.8) is 0 Å². The van der Waals surface area contributed by atoms with Crippen LogP contribution < -0.4 is 0 Å². The lowest BCUT2D eigenvalue weighted by Crippen LogP contribution is -2.35. The van der Waals surface area contributed by atoms with Gasteiger partial charge in [0.05, 0.1) is 0 Å². The summed E-state index contributed by atoms with van der Waals surface area (Å²) in [6.07, 6.45) is 3.25. The van der Waals surface area contributed by atoms with Crippen LogP contribution in [0.5, 0.6) is 0 Å². The molecule has 1 aromatic carbocycles. The highest BCUT2D eigenvalue weighted by molar-refractivity contribution is 5.92. The molecule has 1 amide bonds. The van der Waals surface area contributed by atoms with Crippen LogP contribution in [0.4, 0.5) is 5.69 Å². The van der Waals surface area contributed by atoms with Gasteiger partial charge in [0.2, 0.25) is 0 Å². The number of hydrogen-bond acceptors (Lipinski definition) is 3. The average molecular weight is 296 g/mol. The Kier molecular flexibility index (Phi) is 4.12. The minimum absolute atomic E-state index is 0.0767. The van der Waals surface area contributed by atoms with Crippen molar-refractivity contribution in [1.82, 2.24) is 4.90 Å². The predicted octanol–water partition coefficient (Wildman–Crippen LogP) is 4.51. The summed E-state index contributed by atoms with van der Waals surface area (Å²) in [5.74, 6) is 0.781. The van der Waals surface area contributed by atoms with Crippen LogP contribution in [0.3, 0.4) is 0 Å². The minimum Gasteiger partial charge on any atom is -0.451 e. The van der Waals surface area contributed by atoms with Crippen molar-refractivity contribution in [3.8, 4) is 11.3 Å². The van der Waals surface area contributed by atoms with Crippen LogP contribution in [-0.2, 0) is 0 Å². The first-order valence-electron chi connectivity index (χ1n) is 7.33. The standard InChI is InChI=1S/C16H16N4O2/c17-19-18-13-7-3-2-6-12(13)14-8-9-15(22-14)16(21)20-10-4-1-5-11-20/h2-3,6-9H,1,4-5,10-11H2. The molecular formula is C16H16N4O2. The van der Waals surface area contributed by atoms with Gasteiger partial charge in [-0.15, -0.1) is 0 Å². The molecule has 0 spiro atoms.